The Bertz CT molecular complexity index is 362. The van der Waals surface area contributed by atoms with E-state index in [1.165, 1.54) is 4.90 Å². The van der Waals surface area contributed by atoms with Crippen LogP contribution in [0.1, 0.15) is 19.3 Å². The number of carboxylic acid groups (broad SMARTS) is 1. The van der Waals surface area contributed by atoms with Gasteiger partial charge in [-0.2, -0.15) is 0 Å². The Kier molecular flexibility index (Phi) is 4.26. The molecule has 108 valence electrons. The minimum absolute atomic E-state index is 0.0365. The molecular formula is C12H20N2O5. The first-order valence-electron chi connectivity index (χ1n) is 6.60. The summed E-state index contributed by atoms with van der Waals surface area (Å²) in [5.74, 6) is -1.02. The van der Waals surface area contributed by atoms with Gasteiger partial charge < -0.3 is 25.1 Å². The van der Waals surface area contributed by atoms with E-state index in [0.29, 0.717) is 13.1 Å². The van der Waals surface area contributed by atoms with E-state index in [9.17, 15) is 14.7 Å². The highest BCUT2D eigenvalue weighted by Gasteiger charge is 2.41. The number of hydrogen-bond donors (Lipinski definition) is 3. The maximum atomic E-state index is 12.3. The van der Waals surface area contributed by atoms with Crippen LogP contribution in [0.25, 0.3) is 0 Å². The maximum Gasteiger partial charge on any atom is 0.326 e. The topological polar surface area (TPSA) is 101 Å². The lowest BCUT2D eigenvalue weighted by Gasteiger charge is -2.35. The summed E-state index contributed by atoms with van der Waals surface area (Å²) in [5.41, 5.74) is 0. The molecule has 0 spiro atoms. The number of carbonyl (C=O) groups excluding carboxylic acids is 1. The summed E-state index contributed by atoms with van der Waals surface area (Å²) >= 11 is 0. The first-order chi connectivity index (χ1) is 9.02. The van der Waals surface area contributed by atoms with Gasteiger partial charge in [-0.15, -0.1) is 0 Å². The summed E-state index contributed by atoms with van der Waals surface area (Å²) in [6.07, 6.45) is 0.998. The van der Waals surface area contributed by atoms with Gasteiger partial charge in [-0.05, 0) is 18.8 Å². The number of aliphatic carboxylic acids is 1. The molecule has 7 nitrogen and oxygen atoms in total. The SMILES string of the molecule is O=C(O)[C@H]1C[C@@H](O)CN1C(=O)N1CCCC(CO)C1. The van der Waals surface area contributed by atoms with Crippen LogP contribution in [0.15, 0.2) is 0 Å². The minimum Gasteiger partial charge on any atom is -0.480 e. The fourth-order valence-corrected chi connectivity index (χ4v) is 2.83. The van der Waals surface area contributed by atoms with Crippen molar-refractivity contribution in [2.24, 2.45) is 5.92 Å². The molecule has 2 aliphatic rings. The van der Waals surface area contributed by atoms with Gasteiger partial charge in [0.1, 0.15) is 6.04 Å². The van der Waals surface area contributed by atoms with Gasteiger partial charge in [-0.25, -0.2) is 9.59 Å². The monoisotopic (exact) mass is 272 g/mol. The second kappa shape index (κ2) is 5.75. The molecule has 2 fully saturated rings. The molecule has 3 N–H and O–H groups in total. The van der Waals surface area contributed by atoms with Crippen molar-refractivity contribution in [1.29, 1.82) is 0 Å². The number of aliphatic hydroxyl groups excluding tert-OH is 2. The number of urea groups is 1. The van der Waals surface area contributed by atoms with Crippen LogP contribution in [0.2, 0.25) is 0 Å². The molecule has 0 saturated carbocycles. The number of carboxylic acids is 1. The van der Waals surface area contributed by atoms with E-state index in [-0.39, 0.29) is 31.5 Å². The van der Waals surface area contributed by atoms with Crippen LogP contribution in [0.4, 0.5) is 4.79 Å². The van der Waals surface area contributed by atoms with Gasteiger partial charge >= 0.3 is 12.0 Å². The van der Waals surface area contributed by atoms with Crippen LogP contribution in [0, 0.1) is 5.92 Å². The van der Waals surface area contributed by atoms with E-state index in [1.54, 1.807) is 4.90 Å². The molecule has 2 heterocycles. The maximum absolute atomic E-state index is 12.3. The van der Waals surface area contributed by atoms with Crippen LogP contribution in [-0.2, 0) is 4.79 Å². The second-order valence-electron chi connectivity index (χ2n) is 5.32. The highest BCUT2D eigenvalue weighted by molar-refractivity contribution is 5.83. The number of rotatable bonds is 2. The molecule has 2 rings (SSSR count). The van der Waals surface area contributed by atoms with Crippen LogP contribution in [0.3, 0.4) is 0 Å². The molecule has 19 heavy (non-hydrogen) atoms. The molecule has 0 bridgehead atoms. The molecule has 3 atom stereocenters. The predicted octanol–water partition coefficient (Wildman–Crippen LogP) is -0.669. The highest BCUT2D eigenvalue weighted by Crippen LogP contribution is 2.23. The quantitative estimate of drug-likeness (QED) is 0.619. The number of carbonyl (C=O) groups is 2. The molecule has 0 aromatic rings. The molecular weight excluding hydrogens is 252 g/mol. The summed E-state index contributed by atoms with van der Waals surface area (Å²) in [7, 11) is 0. The first kappa shape index (κ1) is 14.1. The Morgan fingerprint density at radius 3 is 2.63 bits per heavy atom. The van der Waals surface area contributed by atoms with E-state index in [4.69, 9.17) is 10.2 Å². The number of piperidine rings is 1. The number of hydrogen-bond acceptors (Lipinski definition) is 4. The van der Waals surface area contributed by atoms with Crippen LogP contribution in [0.5, 0.6) is 0 Å². The van der Waals surface area contributed by atoms with Gasteiger partial charge in [0, 0.05) is 32.7 Å². The Morgan fingerprint density at radius 1 is 1.26 bits per heavy atom. The standard InChI is InChI=1S/C12H20N2O5/c15-7-8-2-1-3-13(5-8)12(19)14-6-9(16)4-10(14)11(17)18/h8-10,15-16H,1-7H2,(H,17,18)/t8?,9-,10-/m1/s1. The van der Waals surface area contributed by atoms with Crippen molar-refractivity contribution < 1.29 is 24.9 Å². The Labute approximate surface area is 111 Å². The molecule has 0 aromatic heterocycles. The van der Waals surface area contributed by atoms with Crippen LogP contribution in [-0.4, -0.2) is 75.5 Å². The number of amides is 2. The Balaban J connectivity index is 2.03. The number of likely N-dealkylation sites (tertiary alicyclic amines) is 2. The average molecular weight is 272 g/mol. The predicted molar refractivity (Wildman–Crippen MR) is 65.5 cm³/mol. The smallest absolute Gasteiger partial charge is 0.326 e. The largest absolute Gasteiger partial charge is 0.480 e. The summed E-state index contributed by atoms with van der Waals surface area (Å²) < 4.78 is 0. The normalized spacial score (nSPS) is 31.6. The van der Waals surface area contributed by atoms with E-state index >= 15 is 0 Å². The molecule has 2 aliphatic heterocycles. The lowest BCUT2D eigenvalue weighted by atomic mass is 9.99. The highest BCUT2D eigenvalue weighted by atomic mass is 16.4. The van der Waals surface area contributed by atoms with Gasteiger partial charge in [-0.3, -0.25) is 0 Å². The fraction of sp³-hybridized carbons (Fsp3) is 0.833. The fourth-order valence-electron chi connectivity index (χ4n) is 2.83. The molecule has 2 saturated heterocycles. The third-order valence-electron chi connectivity index (χ3n) is 3.86. The van der Waals surface area contributed by atoms with Crippen molar-refractivity contribution in [2.75, 3.05) is 26.2 Å². The molecule has 2 amide bonds. The van der Waals surface area contributed by atoms with Crippen molar-refractivity contribution in [3.63, 3.8) is 0 Å². The zero-order valence-corrected chi connectivity index (χ0v) is 10.7. The average Bonchev–Trinajstić information content (AvgIpc) is 2.80. The zero-order valence-electron chi connectivity index (χ0n) is 10.7. The van der Waals surface area contributed by atoms with Gasteiger partial charge in [-0.1, -0.05) is 0 Å². The third-order valence-corrected chi connectivity index (χ3v) is 3.86. The zero-order chi connectivity index (χ0) is 14.0. The summed E-state index contributed by atoms with van der Waals surface area (Å²) in [4.78, 5) is 26.2. The molecule has 0 radical (unpaired) electrons. The molecule has 7 heteroatoms. The van der Waals surface area contributed by atoms with Crippen molar-refractivity contribution in [3.8, 4) is 0 Å². The molecule has 1 unspecified atom stereocenters. The van der Waals surface area contributed by atoms with Crippen LogP contribution >= 0.6 is 0 Å². The second-order valence-corrected chi connectivity index (χ2v) is 5.32. The van der Waals surface area contributed by atoms with Crippen molar-refractivity contribution in [2.45, 2.75) is 31.4 Å². The minimum atomic E-state index is -1.08. The Hall–Kier alpha value is -1.34. The van der Waals surface area contributed by atoms with Crippen molar-refractivity contribution in [3.05, 3.63) is 0 Å². The molecule has 0 aromatic carbocycles. The van der Waals surface area contributed by atoms with E-state index < -0.39 is 18.1 Å². The van der Waals surface area contributed by atoms with E-state index in [0.717, 1.165) is 12.8 Å². The van der Waals surface area contributed by atoms with Gasteiger partial charge in [0.25, 0.3) is 0 Å². The summed E-state index contributed by atoms with van der Waals surface area (Å²) in [6, 6.07) is -1.29. The van der Waals surface area contributed by atoms with E-state index in [2.05, 4.69) is 0 Å². The lowest BCUT2D eigenvalue weighted by Crippen LogP contribution is -2.51. The molecule has 0 aliphatic carbocycles. The Morgan fingerprint density at radius 2 is 2.00 bits per heavy atom. The number of β-amino-alcohol motifs (C(OH)–C–C–N with tert-alkyl or cyclic N) is 1. The van der Waals surface area contributed by atoms with Crippen molar-refractivity contribution >= 4 is 12.0 Å². The van der Waals surface area contributed by atoms with Crippen molar-refractivity contribution in [1.82, 2.24) is 9.80 Å². The first-order valence-corrected chi connectivity index (χ1v) is 6.60. The van der Waals surface area contributed by atoms with E-state index in [1.807, 2.05) is 0 Å². The lowest BCUT2D eigenvalue weighted by molar-refractivity contribution is -0.141. The summed E-state index contributed by atoms with van der Waals surface area (Å²) in [5, 5.41) is 27.8. The number of nitrogens with zero attached hydrogens (tertiary/aromatic N) is 2. The van der Waals surface area contributed by atoms with Gasteiger partial charge in [0.2, 0.25) is 0 Å². The van der Waals surface area contributed by atoms with Gasteiger partial charge in [0.15, 0.2) is 0 Å². The van der Waals surface area contributed by atoms with Crippen LogP contribution < -0.4 is 0 Å². The number of aliphatic hydroxyl groups is 2. The third kappa shape index (κ3) is 2.98. The van der Waals surface area contributed by atoms with Gasteiger partial charge in [0.05, 0.1) is 6.10 Å². The summed E-state index contributed by atoms with van der Waals surface area (Å²) in [6.45, 7) is 1.13.